The van der Waals surface area contributed by atoms with Gasteiger partial charge in [-0.25, -0.2) is 4.98 Å². The number of rotatable bonds is 3. The van der Waals surface area contributed by atoms with Crippen molar-refractivity contribution in [1.82, 2.24) is 4.98 Å². The lowest BCUT2D eigenvalue weighted by molar-refractivity contribution is 0.459. The predicted octanol–water partition coefficient (Wildman–Crippen LogP) is 4.87. The molecule has 2 aromatic rings. The highest BCUT2D eigenvalue weighted by atomic mass is 127. The van der Waals surface area contributed by atoms with Crippen molar-refractivity contribution in [3.63, 3.8) is 0 Å². The van der Waals surface area contributed by atoms with Gasteiger partial charge in [0.1, 0.15) is 5.75 Å². The zero-order chi connectivity index (χ0) is 12.3. The van der Waals surface area contributed by atoms with E-state index in [0.29, 0.717) is 16.8 Å². The fraction of sp³-hybridized carbons (Fsp3) is 0.0833. The van der Waals surface area contributed by atoms with Gasteiger partial charge >= 0.3 is 0 Å². The van der Waals surface area contributed by atoms with E-state index >= 15 is 0 Å². The van der Waals surface area contributed by atoms with Crippen LogP contribution >= 0.6 is 45.8 Å². The summed E-state index contributed by atoms with van der Waals surface area (Å²) in [5.74, 6) is 1.60. The van der Waals surface area contributed by atoms with Crippen LogP contribution in [0.25, 0.3) is 0 Å². The molecule has 0 unspecified atom stereocenters. The molecule has 0 atom stereocenters. The molecule has 0 fully saturated rings. The average Bonchev–Trinajstić information content (AvgIpc) is 2.34. The van der Waals surface area contributed by atoms with Crippen molar-refractivity contribution >= 4 is 45.8 Å². The maximum Gasteiger partial charge on any atom is 0.219 e. The molecular weight excluding hydrogens is 372 g/mol. The second-order valence-corrected chi connectivity index (χ2v) is 5.12. The molecule has 1 heterocycles. The maximum absolute atomic E-state index is 5.93. The van der Waals surface area contributed by atoms with Crippen LogP contribution in [0.2, 0.25) is 5.02 Å². The standard InChI is InChI=1S/C12H8Cl2INO/c13-6-8-5-12(16-7-9(8)14)17-11-4-2-1-3-10(11)15/h1-5,7H,6H2. The van der Waals surface area contributed by atoms with Crippen molar-refractivity contribution < 1.29 is 4.74 Å². The lowest BCUT2D eigenvalue weighted by Gasteiger charge is -2.08. The molecule has 0 saturated heterocycles. The van der Waals surface area contributed by atoms with Crippen molar-refractivity contribution in [3.8, 4) is 11.6 Å². The van der Waals surface area contributed by atoms with Gasteiger partial charge in [0.05, 0.1) is 8.59 Å². The molecule has 0 aliphatic carbocycles. The van der Waals surface area contributed by atoms with Crippen LogP contribution in [0, 0.1) is 3.57 Å². The van der Waals surface area contributed by atoms with Crippen molar-refractivity contribution in [1.29, 1.82) is 0 Å². The quantitative estimate of drug-likeness (QED) is 0.560. The molecule has 0 aliphatic rings. The number of nitrogens with zero attached hydrogens (tertiary/aromatic N) is 1. The van der Waals surface area contributed by atoms with Crippen LogP contribution in [0.1, 0.15) is 5.56 Å². The maximum atomic E-state index is 5.93. The summed E-state index contributed by atoms with van der Waals surface area (Å²) in [6.07, 6.45) is 1.55. The zero-order valence-corrected chi connectivity index (χ0v) is 12.3. The van der Waals surface area contributed by atoms with Gasteiger partial charge in [-0.15, -0.1) is 11.6 Å². The smallest absolute Gasteiger partial charge is 0.219 e. The second-order valence-electron chi connectivity index (χ2n) is 3.28. The molecule has 2 nitrogen and oxygen atoms in total. The Bertz CT molecular complexity index is 534. The fourth-order valence-corrected chi connectivity index (χ4v) is 2.21. The van der Waals surface area contributed by atoms with Gasteiger partial charge in [-0.1, -0.05) is 23.7 Å². The first-order valence-electron chi connectivity index (χ1n) is 4.83. The Balaban J connectivity index is 2.28. The lowest BCUT2D eigenvalue weighted by atomic mass is 10.3. The first-order chi connectivity index (χ1) is 8.20. The summed E-state index contributed by atoms with van der Waals surface area (Å²) < 4.78 is 6.69. The predicted molar refractivity (Wildman–Crippen MR) is 78.0 cm³/mol. The topological polar surface area (TPSA) is 22.1 Å². The van der Waals surface area contributed by atoms with Crippen LogP contribution in [0.4, 0.5) is 0 Å². The molecule has 0 amide bonds. The Morgan fingerprint density at radius 1 is 1.29 bits per heavy atom. The first kappa shape index (κ1) is 12.9. The van der Waals surface area contributed by atoms with Crippen molar-refractivity contribution in [2.24, 2.45) is 0 Å². The number of benzene rings is 1. The molecule has 1 aromatic heterocycles. The second kappa shape index (κ2) is 5.89. The molecule has 1 aromatic carbocycles. The Hall–Kier alpha value is -0.520. The van der Waals surface area contributed by atoms with Crippen LogP contribution in [0.15, 0.2) is 36.5 Å². The monoisotopic (exact) mass is 379 g/mol. The number of aromatic nitrogens is 1. The highest BCUT2D eigenvalue weighted by molar-refractivity contribution is 14.1. The minimum Gasteiger partial charge on any atom is -0.438 e. The number of hydrogen-bond donors (Lipinski definition) is 0. The van der Waals surface area contributed by atoms with E-state index in [4.69, 9.17) is 27.9 Å². The summed E-state index contributed by atoms with van der Waals surface area (Å²) in [5, 5.41) is 0.551. The Kier molecular flexibility index (Phi) is 4.48. The fourth-order valence-electron chi connectivity index (χ4n) is 1.26. The van der Waals surface area contributed by atoms with E-state index in [0.717, 1.165) is 14.9 Å². The van der Waals surface area contributed by atoms with Crippen LogP contribution in [-0.4, -0.2) is 4.98 Å². The molecule has 0 N–H and O–H groups in total. The van der Waals surface area contributed by atoms with Gasteiger partial charge in [-0.05, 0) is 40.3 Å². The molecule has 0 radical (unpaired) electrons. The normalized spacial score (nSPS) is 10.3. The molecule has 0 aliphatic heterocycles. The van der Waals surface area contributed by atoms with Crippen LogP contribution in [0.3, 0.4) is 0 Å². The Morgan fingerprint density at radius 3 is 2.76 bits per heavy atom. The van der Waals surface area contributed by atoms with Gasteiger partial charge in [0.2, 0.25) is 5.88 Å². The summed E-state index contributed by atoms with van der Waals surface area (Å²) >= 11 is 13.9. The first-order valence-corrected chi connectivity index (χ1v) is 6.82. The summed E-state index contributed by atoms with van der Waals surface area (Å²) in [4.78, 5) is 4.11. The number of ether oxygens (including phenoxy) is 1. The SMILES string of the molecule is ClCc1cc(Oc2ccccc2I)ncc1Cl. The van der Waals surface area contributed by atoms with Gasteiger partial charge in [0, 0.05) is 18.1 Å². The number of pyridine rings is 1. The molecule has 5 heteroatoms. The third kappa shape index (κ3) is 3.24. The van der Waals surface area contributed by atoms with Crippen LogP contribution in [0.5, 0.6) is 11.6 Å². The van der Waals surface area contributed by atoms with Crippen LogP contribution < -0.4 is 4.74 Å². The number of halogens is 3. The molecule has 0 spiro atoms. The van der Waals surface area contributed by atoms with E-state index in [2.05, 4.69) is 27.6 Å². The van der Waals surface area contributed by atoms with Crippen molar-refractivity contribution in [3.05, 3.63) is 50.7 Å². The molecule has 2 rings (SSSR count). The minimum absolute atomic E-state index is 0.337. The highest BCUT2D eigenvalue weighted by Crippen LogP contribution is 2.27. The average molecular weight is 380 g/mol. The Morgan fingerprint density at radius 2 is 2.06 bits per heavy atom. The lowest BCUT2D eigenvalue weighted by Crippen LogP contribution is -1.92. The minimum atomic E-state index is 0.337. The van der Waals surface area contributed by atoms with E-state index in [1.807, 2.05) is 24.3 Å². The van der Waals surface area contributed by atoms with E-state index in [1.165, 1.54) is 0 Å². The van der Waals surface area contributed by atoms with Gasteiger partial charge in [0.25, 0.3) is 0 Å². The number of hydrogen-bond acceptors (Lipinski definition) is 2. The van der Waals surface area contributed by atoms with Crippen LogP contribution in [-0.2, 0) is 5.88 Å². The van der Waals surface area contributed by atoms with E-state index in [9.17, 15) is 0 Å². The number of para-hydroxylation sites is 1. The van der Waals surface area contributed by atoms with Gasteiger partial charge in [0.15, 0.2) is 0 Å². The summed E-state index contributed by atoms with van der Waals surface area (Å²) in [5.41, 5.74) is 0.810. The molecule has 0 saturated carbocycles. The zero-order valence-electron chi connectivity index (χ0n) is 8.66. The summed E-state index contributed by atoms with van der Waals surface area (Å²) in [6, 6.07) is 9.47. The largest absolute Gasteiger partial charge is 0.438 e. The summed E-state index contributed by atoms with van der Waals surface area (Å²) in [7, 11) is 0. The van der Waals surface area contributed by atoms with E-state index < -0.39 is 0 Å². The number of alkyl halides is 1. The Labute approximate surface area is 123 Å². The molecule has 88 valence electrons. The van der Waals surface area contributed by atoms with E-state index in [-0.39, 0.29) is 0 Å². The molecule has 0 bridgehead atoms. The third-order valence-corrected chi connectivity index (χ3v) is 3.62. The molecule has 17 heavy (non-hydrogen) atoms. The van der Waals surface area contributed by atoms with Crippen molar-refractivity contribution in [2.45, 2.75) is 5.88 Å². The molecular formula is C12H8Cl2INO. The van der Waals surface area contributed by atoms with E-state index in [1.54, 1.807) is 12.3 Å². The summed E-state index contributed by atoms with van der Waals surface area (Å²) in [6.45, 7) is 0. The third-order valence-electron chi connectivity index (χ3n) is 2.10. The van der Waals surface area contributed by atoms with Gasteiger partial charge in [-0.3, -0.25) is 0 Å². The van der Waals surface area contributed by atoms with Gasteiger partial charge < -0.3 is 4.74 Å². The van der Waals surface area contributed by atoms with Gasteiger partial charge in [-0.2, -0.15) is 0 Å². The van der Waals surface area contributed by atoms with Crippen molar-refractivity contribution in [2.75, 3.05) is 0 Å². The highest BCUT2D eigenvalue weighted by Gasteiger charge is 2.06.